The fourth-order valence-electron chi connectivity index (χ4n) is 9.56. The quantitative estimate of drug-likeness (QED) is 0.0521. The normalized spacial score (nSPS) is 25.5. The second-order valence-electron chi connectivity index (χ2n) is 15.6. The number of unbranched alkanes of at least 4 members (excludes halogenated alkanes) is 2. The van der Waals surface area contributed by atoms with Crippen LogP contribution in [0.4, 0.5) is 4.79 Å². The van der Waals surface area contributed by atoms with Crippen LogP contribution in [0.5, 0.6) is 11.5 Å². The molecule has 2 aliphatic carbocycles. The summed E-state index contributed by atoms with van der Waals surface area (Å²) in [6, 6.07) is 19.7. The van der Waals surface area contributed by atoms with Gasteiger partial charge in [-0.2, -0.15) is 0 Å². The summed E-state index contributed by atoms with van der Waals surface area (Å²) < 4.78 is 26.7. The van der Waals surface area contributed by atoms with Crippen molar-refractivity contribution in [1.29, 1.82) is 0 Å². The number of fused-ring (bicyclic) bond motifs is 3. The summed E-state index contributed by atoms with van der Waals surface area (Å²) in [5.74, 6) is -0.216. The Labute approximate surface area is 336 Å². The largest absolute Gasteiger partial charge is 0.492 e. The molecular weight excluding hydrogens is 723 g/mol. The summed E-state index contributed by atoms with van der Waals surface area (Å²) in [6.07, 6.45) is 8.72. The van der Waals surface area contributed by atoms with Gasteiger partial charge in [-0.15, -0.1) is 6.58 Å². The van der Waals surface area contributed by atoms with Gasteiger partial charge in [0.1, 0.15) is 31.3 Å². The topological polar surface area (TPSA) is 122 Å². The first kappa shape index (κ1) is 40.8. The van der Waals surface area contributed by atoms with E-state index in [1.54, 1.807) is 18.1 Å². The fraction of sp³-hybridized carbons (Fsp3) is 0.522. The van der Waals surface area contributed by atoms with E-state index < -0.39 is 23.8 Å². The maximum atomic E-state index is 14.5. The smallest absolute Gasteiger partial charge is 0.410 e. The van der Waals surface area contributed by atoms with E-state index in [2.05, 4.69) is 47.9 Å². The van der Waals surface area contributed by atoms with Crippen LogP contribution in [0.1, 0.15) is 68.9 Å². The SMILES string of the molecule is C=CCOC12Oc3ccc(OCCN4CC4)cc3C3C(CCCCO)C(CCCCO)C=C(C(=NOC)CC1N(Cc1cccc4ccccc14)C(=O)OCC)C32. The van der Waals surface area contributed by atoms with E-state index in [0.717, 1.165) is 84.3 Å². The van der Waals surface area contributed by atoms with Crippen LogP contribution >= 0.6 is 0 Å². The number of ether oxygens (including phenoxy) is 4. The van der Waals surface area contributed by atoms with Crippen LogP contribution < -0.4 is 9.47 Å². The molecule has 0 spiro atoms. The lowest BCUT2D eigenvalue weighted by molar-refractivity contribution is -0.256. The van der Waals surface area contributed by atoms with Gasteiger partial charge in [0.2, 0.25) is 5.79 Å². The summed E-state index contributed by atoms with van der Waals surface area (Å²) >= 11 is 0. The number of nitrogens with zero attached hydrogens (tertiary/aromatic N) is 3. The molecule has 2 heterocycles. The minimum atomic E-state index is -1.38. The molecule has 0 radical (unpaired) electrons. The number of hydrogen-bond acceptors (Lipinski definition) is 10. The third kappa shape index (κ3) is 8.72. The summed E-state index contributed by atoms with van der Waals surface area (Å²) in [6.45, 7) is 10.4. The van der Waals surface area contributed by atoms with Gasteiger partial charge < -0.3 is 34.0 Å². The van der Waals surface area contributed by atoms with Crippen molar-refractivity contribution in [3.05, 3.63) is 96.1 Å². The van der Waals surface area contributed by atoms with Crippen molar-refractivity contribution in [1.82, 2.24) is 9.80 Å². The first-order chi connectivity index (χ1) is 28.0. The van der Waals surface area contributed by atoms with Crippen LogP contribution in [-0.2, 0) is 20.9 Å². The van der Waals surface area contributed by atoms with Crippen molar-refractivity contribution in [3.8, 4) is 11.5 Å². The molecule has 2 fully saturated rings. The van der Waals surface area contributed by atoms with Crippen molar-refractivity contribution in [2.24, 2.45) is 22.9 Å². The maximum Gasteiger partial charge on any atom is 0.410 e. The maximum absolute atomic E-state index is 14.5. The minimum absolute atomic E-state index is 0.114. The molecule has 0 aromatic heterocycles. The van der Waals surface area contributed by atoms with E-state index >= 15 is 0 Å². The van der Waals surface area contributed by atoms with Gasteiger partial charge in [-0.05, 0) is 84.6 Å². The number of carbonyl (C=O) groups is 1. The molecule has 1 saturated heterocycles. The van der Waals surface area contributed by atoms with E-state index in [1.165, 1.54) is 0 Å². The average molecular weight is 782 g/mol. The molecule has 6 unspecified atom stereocenters. The van der Waals surface area contributed by atoms with Crippen LogP contribution in [-0.4, -0.2) is 103 Å². The average Bonchev–Trinajstić information content (AvgIpc) is 4.06. The van der Waals surface area contributed by atoms with Gasteiger partial charge in [0.15, 0.2) is 0 Å². The van der Waals surface area contributed by atoms with E-state index in [0.29, 0.717) is 25.2 Å². The lowest BCUT2D eigenvalue weighted by atomic mass is 9.55. The molecular formula is C46H59N3O8. The number of rotatable bonds is 20. The van der Waals surface area contributed by atoms with Gasteiger partial charge in [-0.1, -0.05) is 72.6 Å². The Hall–Kier alpha value is -4.42. The number of aliphatic hydroxyl groups excluding tert-OH is 2. The number of oxime groups is 1. The molecule has 1 amide bonds. The van der Waals surface area contributed by atoms with E-state index in [4.69, 9.17) is 28.9 Å². The van der Waals surface area contributed by atoms with Crippen LogP contribution in [0.15, 0.2) is 90.1 Å². The molecule has 7 rings (SSSR count). The number of allylic oxidation sites excluding steroid dienone is 1. The second-order valence-corrected chi connectivity index (χ2v) is 15.6. The summed E-state index contributed by atoms with van der Waals surface area (Å²) in [4.78, 5) is 24.2. The molecule has 3 aromatic rings. The monoisotopic (exact) mass is 781 g/mol. The highest BCUT2D eigenvalue weighted by atomic mass is 16.7. The molecule has 57 heavy (non-hydrogen) atoms. The number of hydrogen-bond donors (Lipinski definition) is 2. The Morgan fingerprint density at radius 1 is 1.05 bits per heavy atom. The minimum Gasteiger partial charge on any atom is -0.492 e. The third-order valence-electron chi connectivity index (χ3n) is 12.2. The Kier molecular flexibility index (Phi) is 13.5. The molecule has 3 aromatic carbocycles. The zero-order valence-electron chi connectivity index (χ0n) is 33.5. The number of aliphatic hydroxyl groups is 2. The number of benzene rings is 3. The third-order valence-corrected chi connectivity index (χ3v) is 12.2. The van der Waals surface area contributed by atoms with Crippen molar-refractivity contribution in [2.45, 2.75) is 76.2 Å². The molecule has 2 aliphatic heterocycles. The predicted molar refractivity (Wildman–Crippen MR) is 220 cm³/mol. The zero-order chi connectivity index (χ0) is 39.8. The molecule has 2 N–H and O–H groups in total. The Balaban J connectivity index is 1.42. The predicted octanol–water partition coefficient (Wildman–Crippen LogP) is 7.46. The van der Waals surface area contributed by atoms with Gasteiger partial charge in [0.25, 0.3) is 0 Å². The lowest BCUT2D eigenvalue weighted by Gasteiger charge is -2.59. The van der Waals surface area contributed by atoms with E-state index in [1.807, 2.05) is 37.3 Å². The first-order valence-electron chi connectivity index (χ1n) is 20.8. The van der Waals surface area contributed by atoms with Gasteiger partial charge in [-0.25, -0.2) is 4.79 Å². The van der Waals surface area contributed by atoms with Crippen LogP contribution in [0.2, 0.25) is 0 Å². The van der Waals surface area contributed by atoms with Crippen molar-refractivity contribution < 1.29 is 38.8 Å². The molecule has 1 saturated carbocycles. The van der Waals surface area contributed by atoms with Crippen molar-refractivity contribution in [3.63, 3.8) is 0 Å². The van der Waals surface area contributed by atoms with Gasteiger partial charge in [0, 0.05) is 50.8 Å². The lowest BCUT2D eigenvalue weighted by Crippen LogP contribution is -2.70. The van der Waals surface area contributed by atoms with Crippen LogP contribution in [0.3, 0.4) is 0 Å². The van der Waals surface area contributed by atoms with E-state index in [9.17, 15) is 15.0 Å². The molecule has 6 atom stereocenters. The summed E-state index contributed by atoms with van der Waals surface area (Å²) in [5, 5.41) is 26.6. The molecule has 306 valence electrons. The summed E-state index contributed by atoms with van der Waals surface area (Å²) in [5.41, 5.74) is 3.73. The van der Waals surface area contributed by atoms with Gasteiger partial charge >= 0.3 is 6.09 Å². The fourth-order valence-corrected chi connectivity index (χ4v) is 9.56. The highest BCUT2D eigenvalue weighted by molar-refractivity contribution is 6.03. The van der Waals surface area contributed by atoms with Crippen molar-refractivity contribution >= 4 is 22.6 Å². The molecule has 11 heteroatoms. The van der Waals surface area contributed by atoms with Gasteiger partial charge in [0.05, 0.1) is 31.4 Å². The highest BCUT2D eigenvalue weighted by Crippen LogP contribution is 2.62. The zero-order valence-corrected chi connectivity index (χ0v) is 33.5. The Morgan fingerprint density at radius 3 is 2.60 bits per heavy atom. The van der Waals surface area contributed by atoms with Crippen LogP contribution in [0, 0.1) is 17.8 Å². The molecule has 4 aliphatic rings. The second kappa shape index (κ2) is 18.9. The molecule has 0 bridgehead atoms. The standard InChI is InChI=1S/C46H59N3O8/c1-4-26-56-46-42(49(45(52)54-5-2)31-34-16-12-15-32-13-6-7-17-36(32)34)30-40(47-53-3)38-28-33(14-8-10-24-50)37(18-9-11-25-51)43(44(38)46)39-29-35(19-20-41(39)57-46)55-27-23-48-21-22-48/h4,6-7,12-13,15-17,19-20,28-29,33,37,42-44,50-51H,1,5,8-11,14,18,21-27,30-31H2,2-3H3. The first-order valence-corrected chi connectivity index (χ1v) is 20.8. The number of carbonyl (C=O) groups excluding carboxylic acids is 1. The van der Waals surface area contributed by atoms with E-state index in [-0.39, 0.29) is 57.1 Å². The van der Waals surface area contributed by atoms with Crippen LogP contribution in [0.25, 0.3) is 10.8 Å². The summed E-state index contributed by atoms with van der Waals surface area (Å²) in [7, 11) is 1.56. The molecule has 11 nitrogen and oxygen atoms in total. The van der Waals surface area contributed by atoms with Gasteiger partial charge in [-0.3, -0.25) is 9.80 Å². The number of amides is 1. The Bertz CT molecular complexity index is 1910. The highest BCUT2D eigenvalue weighted by Gasteiger charge is 2.65. The van der Waals surface area contributed by atoms with Crippen molar-refractivity contribution in [2.75, 3.05) is 59.8 Å². The Morgan fingerprint density at radius 2 is 1.84 bits per heavy atom.